The van der Waals surface area contributed by atoms with Crippen molar-refractivity contribution in [1.82, 2.24) is 30.5 Å². The maximum atomic E-state index is 14.4. The molecule has 49 heavy (non-hydrogen) atoms. The highest BCUT2D eigenvalue weighted by atomic mass is 35.5. The number of fused-ring (bicyclic) bond motifs is 1. The number of ether oxygens (including phenoxy) is 2. The van der Waals surface area contributed by atoms with Crippen LogP contribution in [0.15, 0.2) is 36.9 Å². The summed E-state index contributed by atoms with van der Waals surface area (Å²) >= 11 is 6.25. The van der Waals surface area contributed by atoms with Crippen molar-refractivity contribution in [3.63, 3.8) is 0 Å². The van der Waals surface area contributed by atoms with E-state index >= 15 is 0 Å². The summed E-state index contributed by atoms with van der Waals surface area (Å²) in [5.74, 6) is -2.13. The number of rotatable bonds is 11. The van der Waals surface area contributed by atoms with Gasteiger partial charge in [-0.1, -0.05) is 56.6 Å². The molecule has 1 saturated carbocycles. The first-order valence-electron chi connectivity index (χ1n) is 16.0. The van der Waals surface area contributed by atoms with Crippen molar-refractivity contribution in [3.8, 4) is 5.88 Å². The van der Waals surface area contributed by atoms with Crippen LogP contribution < -0.4 is 20.1 Å². The number of halogens is 1. The minimum Gasteiger partial charge on any atom is -0.471 e. The van der Waals surface area contributed by atoms with Gasteiger partial charge in [0.2, 0.25) is 27.7 Å². The molecule has 1 aromatic heterocycles. The third-order valence-corrected chi connectivity index (χ3v) is 10.3. The Morgan fingerprint density at radius 2 is 1.69 bits per heavy atom. The Morgan fingerprint density at radius 3 is 2.27 bits per heavy atom. The zero-order chi connectivity index (χ0) is 36.5. The van der Waals surface area contributed by atoms with Gasteiger partial charge >= 0.3 is 6.09 Å². The van der Waals surface area contributed by atoms with Gasteiger partial charge in [-0.25, -0.2) is 13.2 Å². The molecule has 1 aliphatic carbocycles. The number of carbonyl (C=O) groups excluding carboxylic acids is 4. The average molecular weight is 721 g/mol. The molecule has 0 spiro atoms. The molecule has 4 atom stereocenters. The second-order valence-corrected chi connectivity index (χ2v) is 17.1. The number of nitrogens with zero attached hydrogens (tertiary/aromatic N) is 3. The fraction of sp³-hybridized carbons (Fsp3) is 0.576. The number of hydrogen-bond acceptors (Lipinski definition) is 10. The highest BCUT2D eigenvalue weighted by molar-refractivity contribution is 7.91. The van der Waals surface area contributed by atoms with Gasteiger partial charge in [-0.2, -0.15) is 0 Å². The van der Waals surface area contributed by atoms with E-state index < -0.39 is 73.8 Å². The Balaban J connectivity index is 1.67. The number of sulfonamides is 1. The molecule has 0 bridgehead atoms. The summed E-state index contributed by atoms with van der Waals surface area (Å²) in [6.07, 6.45) is 0.520. The second kappa shape index (κ2) is 14.1. The van der Waals surface area contributed by atoms with Gasteiger partial charge in [0.25, 0.3) is 5.91 Å². The summed E-state index contributed by atoms with van der Waals surface area (Å²) < 4.78 is 39.0. The number of hydrogen-bond donors (Lipinski definition) is 3. The molecule has 0 radical (unpaired) electrons. The molecule has 2 fully saturated rings. The molecular formula is C33H45ClN6O8S. The standard InChI is InChI=1S/C33H45ClN6O8S/c1-9-16-33(8,29(43)39-49(45,46)20-14-15-20)36-26(41)23-17-19(47-27-22-13-11-10-12-21(22)25(34)37-38-27)18-40(23)28(42)24(31(2,3)4)35-30(44)48-32(5,6)7/h9-13,19-20,23-24H,1,14-18H2,2-8H3,(H,35,44)(H,36,41)(H,39,43)/t19-,23+,24-,33-/m1/s1. The Bertz CT molecular complexity index is 1740. The van der Waals surface area contributed by atoms with Crippen molar-refractivity contribution in [2.75, 3.05) is 6.54 Å². The summed E-state index contributed by atoms with van der Waals surface area (Å²) in [5.41, 5.74) is -3.40. The molecule has 0 unspecified atom stereocenters. The van der Waals surface area contributed by atoms with Crippen LogP contribution in [-0.2, 0) is 29.1 Å². The van der Waals surface area contributed by atoms with Crippen molar-refractivity contribution in [2.24, 2.45) is 5.41 Å². The Hall–Kier alpha value is -3.98. The Morgan fingerprint density at radius 1 is 1.06 bits per heavy atom. The molecule has 16 heteroatoms. The van der Waals surface area contributed by atoms with Crippen LogP contribution in [0.3, 0.4) is 0 Å². The minimum absolute atomic E-state index is 0.0360. The lowest BCUT2D eigenvalue weighted by atomic mass is 9.85. The summed E-state index contributed by atoms with van der Waals surface area (Å²) in [5, 5.41) is 14.1. The number of amides is 4. The van der Waals surface area contributed by atoms with E-state index in [1.807, 2.05) is 0 Å². The highest BCUT2D eigenvalue weighted by Gasteiger charge is 2.49. The minimum atomic E-state index is -3.93. The molecule has 14 nitrogen and oxygen atoms in total. The van der Waals surface area contributed by atoms with Gasteiger partial charge in [0.05, 0.1) is 11.8 Å². The van der Waals surface area contributed by atoms with E-state index in [4.69, 9.17) is 21.1 Å². The highest BCUT2D eigenvalue weighted by Crippen LogP contribution is 2.33. The molecule has 2 heterocycles. The molecule has 268 valence electrons. The topological polar surface area (TPSA) is 186 Å². The number of likely N-dealkylation sites (tertiary alicyclic amines) is 1. The van der Waals surface area contributed by atoms with Crippen molar-refractivity contribution in [1.29, 1.82) is 0 Å². The van der Waals surface area contributed by atoms with Gasteiger partial charge in [-0.15, -0.1) is 16.8 Å². The first kappa shape index (κ1) is 37.8. The third-order valence-electron chi connectivity index (χ3n) is 8.16. The number of aromatic nitrogens is 2. The molecule has 2 aromatic rings. The average Bonchev–Trinajstić information content (AvgIpc) is 3.77. The smallest absolute Gasteiger partial charge is 0.408 e. The quantitative estimate of drug-likeness (QED) is 0.290. The SMILES string of the molecule is C=CC[C@@](C)(NC(=O)[C@@H]1C[C@@H](Oc2nnc(Cl)c3ccccc23)CN1C(=O)[C@@H](NC(=O)OC(C)(C)C)C(C)(C)C)C(=O)NS(=O)(=O)C1CC1. The molecular weight excluding hydrogens is 676 g/mol. The molecule has 1 aliphatic heterocycles. The maximum absolute atomic E-state index is 14.4. The summed E-state index contributed by atoms with van der Waals surface area (Å²) in [4.78, 5) is 56.0. The van der Waals surface area contributed by atoms with E-state index in [2.05, 4.69) is 32.1 Å². The number of carbonyl (C=O) groups is 4. The van der Waals surface area contributed by atoms with Crippen molar-refractivity contribution < 1.29 is 37.1 Å². The third kappa shape index (κ3) is 9.18. The van der Waals surface area contributed by atoms with E-state index in [0.717, 1.165) is 0 Å². The van der Waals surface area contributed by atoms with Crippen molar-refractivity contribution >= 4 is 56.2 Å². The van der Waals surface area contributed by atoms with Crippen LogP contribution in [-0.4, -0.2) is 88.5 Å². The Kier molecular flexibility index (Phi) is 10.9. The van der Waals surface area contributed by atoms with E-state index in [1.165, 1.54) is 17.9 Å². The van der Waals surface area contributed by atoms with E-state index in [1.54, 1.807) is 65.8 Å². The van der Waals surface area contributed by atoms with Gasteiger partial charge in [0.1, 0.15) is 29.3 Å². The molecule has 2 aliphatic rings. The first-order valence-corrected chi connectivity index (χ1v) is 17.9. The monoisotopic (exact) mass is 720 g/mol. The lowest BCUT2D eigenvalue weighted by Gasteiger charge is -2.36. The van der Waals surface area contributed by atoms with Crippen LogP contribution >= 0.6 is 11.6 Å². The molecule has 1 aromatic carbocycles. The van der Waals surface area contributed by atoms with Gasteiger partial charge in [-0.05, 0) is 58.4 Å². The van der Waals surface area contributed by atoms with Gasteiger partial charge < -0.3 is 25.0 Å². The number of alkyl carbamates (subject to hydrolysis) is 1. The van der Waals surface area contributed by atoms with Crippen LogP contribution in [0.5, 0.6) is 5.88 Å². The molecule has 1 saturated heterocycles. The van der Waals surface area contributed by atoms with Crippen LogP contribution in [0, 0.1) is 5.41 Å². The molecule has 4 amide bonds. The lowest BCUT2D eigenvalue weighted by molar-refractivity contribution is -0.143. The van der Waals surface area contributed by atoms with Gasteiger partial charge in [0.15, 0.2) is 5.15 Å². The maximum Gasteiger partial charge on any atom is 0.408 e. The molecule has 4 rings (SSSR count). The van der Waals surface area contributed by atoms with Crippen molar-refractivity contribution in [3.05, 3.63) is 42.1 Å². The Labute approximate surface area is 291 Å². The number of benzene rings is 1. The van der Waals surface area contributed by atoms with Gasteiger partial charge in [-0.3, -0.25) is 19.1 Å². The van der Waals surface area contributed by atoms with Crippen LogP contribution in [0.4, 0.5) is 4.79 Å². The largest absolute Gasteiger partial charge is 0.471 e. The zero-order valence-corrected chi connectivity index (χ0v) is 30.4. The van der Waals surface area contributed by atoms with Crippen molar-refractivity contribution in [2.45, 2.75) is 109 Å². The zero-order valence-electron chi connectivity index (χ0n) is 28.8. The van der Waals surface area contributed by atoms with Gasteiger partial charge in [0, 0.05) is 17.2 Å². The fourth-order valence-corrected chi connectivity index (χ4v) is 7.06. The second-order valence-electron chi connectivity index (χ2n) is 14.8. The molecule has 3 N–H and O–H groups in total. The van der Waals surface area contributed by atoms with E-state index in [0.29, 0.717) is 23.6 Å². The predicted octanol–water partition coefficient (Wildman–Crippen LogP) is 3.63. The van der Waals surface area contributed by atoms with Crippen LogP contribution in [0.1, 0.15) is 74.1 Å². The predicted molar refractivity (Wildman–Crippen MR) is 183 cm³/mol. The summed E-state index contributed by atoms with van der Waals surface area (Å²) in [7, 11) is -3.93. The number of nitrogens with one attached hydrogen (secondary N) is 3. The fourth-order valence-electron chi connectivity index (χ4n) is 5.45. The normalized spacial score (nSPS) is 20.1. The lowest BCUT2D eigenvalue weighted by Crippen LogP contribution is -2.62. The van der Waals surface area contributed by atoms with E-state index in [9.17, 15) is 27.6 Å². The van der Waals surface area contributed by atoms with Crippen LogP contribution in [0.25, 0.3) is 10.8 Å². The van der Waals surface area contributed by atoms with E-state index in [-0.39, 0.29) is 30.4 Å². The first-order chi connectivity index (χ1) is 22.6. The summed E-state index contributed by atoms with van der Waals surface area (Å²) in [6, 6.07) is 4.73. The summed E-state index contributed by atoms with van der Waals surface area (Å²) in [6.45, 7) is 15.3. The van der Waals surface area contributed by atoms with Crippen LogP contribution in [0.2, 0.25) is 5.15 Å².